The van der Waals surface area contributed by atoms with Gasteiger partial charge in [-0.2, -0.15) is 0 Å². The number of para-hydroxylation sites is 2. The van der Waals surface area contributed by atoms with Gasteiger partial charge in [0.05, 0.1) is 0 Å². The third kappa shape index (κ3) is 6.39. The fourth-order valence-corrected chi connectivity index (χ4v) is 1.16. The quantitative estimate of drug-likeness (QED) is 0.701. The van der Waals surface area contributed by atoms with Crippen LogP contribution in [0.4, 0.5) is 0 Å². The molecular formula is C12H8CaCl2O2. The van der Waals surface area contributed by atoms with E-state index in [4.69, 9.17) is 23.2 Å². The smallest absolute Gasteiger partial charge is 0.871 e. The zero-order valence-electron chi connectivity index (χ0n) is 8.90. The maximum atomic E-state index is 10.5. The summed E-state index contributed by atoms with van der Waals surface area (Å²) in [6, 6.07) is 12.8. The van der Waals surface area contributed by atoms with Crippen LogP contribution in [0.3, 0.4) is 0 Å². The summed E-state index contributed by atoms with van der Waals surface area (Å²) in [5.41, 5.74) is 0. The van der Waals surface area contributed by atoms with E-state index in [1.165, 1.54) is 12.1 Å². The predicted octanol–water partition coefficient (Wildman–Crippen LogP) is 2.45. The van der Waals surface area contributed by atoms with E-state index in [-0.39, 0.29) is 59.3 Å². The summed E-state index contributed by atoms with van der Waals surface area (Å²) in [6.07, 6.45) is 0. The van der Waals surface area contributed by atoms with Crippen LogP contribution in [0.1, 0.15) is 0 Å². The summed E-state index contributed by atoms with van der Waals surface area (Å²) >= 11 is 10.8. The number of hydrogen-bond acceptors (Lipinski definition) is 2. The molecule has 0 radical (unpaired) electrons. The molecular weight excluding hydrogens is 287 g/mol. The standard InChI is InChI=1S/2C6H5ClO.Ca/c2*7-5-3-1-2-4-6(5)8;/h2*1-4,8H;/q;;+2/p-2. The summed E-state index contributed by atoms with van der Waals surface area (Å²) in [4.78, 5) is 0. The SMILES string of the molecule is [Ca+2].[O-]c1ccccc1Cl.[O-]c1ccccc1Cl. The van der Waals surface area contributed by atoms with Gasteiger partial charge in [-0.25, -0.2) is 0 Å². The van der Waals surface area contributed by atoms with Crippen molar-refractivity contribution < 1.29 is 10.2 Å². The van der Waals surface area contributed by atoms with Crippen LogP contribution in [0.5, 0.6) is 11.5 Å². The molecule has 0 amide bonds. The molecule has 5 heteroatoms. The van der Waals surface area contributed by atoms with Gasteiger partial charge in [0.15, 0.2) is 0 Å². The van der Waals surface area contributed by atoms with E-state index < -0.39 is 0 Å². The van der Waals surface area contributed by atoms with E-state index in [2.05, 4.69) is 0 Å². The van der Waals surface area contributed by atoms with Gasteiger partial charge in [0.25, 0.3) is 0 Å². The molecule has 2 nitrogen and oxygen atoms in total. The first-order valence-corrected chi connectivity index (χ1v) is 5.20. The summed E-state index contributed by atoms with van der Waals surface area (Å²) in [5, 5.41) is 21.5. The van der Waals surface area contributed by atoms with Gasteiger partial charge in [-0.15, -0.1) is 0 Å². The zero-order chi connectivity index (χ0) is 12.0. The summed E-state index contributed by atoms with van der Waals surface area (Å²) in [7, 11) is 0. The van der Waals surface area contributed by atoms with Crippen LogP contribution in [0.15, 0.2) is 48.5 Å². The Morgan fingerprint density at radius 2 is 0.941 bits per heavy atom. The number of halogens is 2. The average molecular weight is 295 g/mol. The minimum Gasteiger partial charge on any atom is -0.871 e. The van der Waals surface area contributed by atoms with Crippen LogP contribution in [-0.2, 0) is 0 Å². The number of benzene rings is 2. The third-order valence-corrected chi connectivity index (χ3v) is 2.30. The molecule has 17 heavy (non-hydrogen) atoms. The van der Waals surface area contributed by atoms with Crippen molar-refractivity contribution >= 4 is 60.9 Å². The predicted molar refractivity (Wildman–Crippen MR) is 67.6 cm³/mol. The normalized spacial score (nSPS) is 8.59. The van der Waals surface area contributed by atoms with Gasteiger partial charge in [0.2, 0.25) is 0 Å². The first-order chi connectivity index (χ1) is 7.61. The van der Waals surface area contributed by atoms with Crippen LogP contribution >= 0.6 is 23.2 Å². The van der Waals surface area contributed by atoms with E-state index in [9.17, 15) is 10.2 Å². The molecule has 84 valence electrons. The fraction of sp³-hybridized carbons (Fsp3) is 0. The van der Waals surface area contributed by atoms with Crippen LogP contribution in [0, 0.1) is 0 Å². The summed E-state index contributed by atoms with van der Waals surface area (Å²) in [6.45, 7) is 0. The van der Waals surface area contributed by atoms with E-state index in [0.29, 0.717) is 0 Å². The van der Waals surface area contributed by atoms with Crippen molar-refractivity contribution in [3.63, 3.8) is 0 Å². The molecule has 2 aromatic rings. The second-order valence-electron chi connectivity index (χ2n) is 2.86. The van der Waals surface area contributed by atoms with Crippen LogP contribution in [0.25, 0.3) is 0 Å². The molecule has 0 saturated heterocycles. The molecule has 0 fully saturated rings. The maximum absolute atomic E-state index is 10.5. The number of rotatable bonds is 0. The monoisotopic (exact) mass is 294 g/mol. The minimum absolute atomic E-state index is 0. The van der Waals surface area contributed by atoms with Crippen molar-refractivity contribution in [1.82, 2.24) is 0 Å². The fourth-order valence-electron chi connectivity index (χ4n) is 0.889. The Hall–Kier alpha value is -0.120. The van der Waals surface area contributed by atoms with Gasteiger partial charge < -0.3 is 10.2 Å². The van der Waals surface area contributed by atoms with Crippen LogP contribution in [0.2, 0.25) is 10.0 Å². The van der Waals surface area contributed by atoms with E-state index in [1.54, 1.807) is 36.4 Å². The largest absolute Gasteiger partial charge is 2.00 e. The van der Waals surface area contributed by atoms with Crippen molar-refractivity contribution in [3.8, 4) is 11.5 Å². The molecule has 0 saturated carbocycles. The van der Waals surface area contributed by atoms with Gasteiger partial charge in [-0.1, -0.05) is 71.1 Å². The van der Waals surface area contributed by atoms with Crippen molar-refractivity contribution in [1.29, 1.82) is 0 Å². The van der Waals surface area contributed by atoms with Gasteiger partial charge in [0.1, 0.15) is 0 Å². The summed E-state index contributed by atoms with van der Waals surface area (Å²) < 4.78 is 0. The second-order valence-corrected chi connectivity index (χ2v) is 3.68. The van der Waals surface area contributed by atoms with Gasteiger partial charge >= 0.3 is 37.7 Å². The van der Waals surface area contributed by atoms with Gasteiger partial charge in [-0.3, -0.25) is 0 Å². The first kappa shape index (κ1) is 16.9. The molecule has 0 spiro atoms. The first-order valence-electron chi connectivity index (χ1n) is 4.44. The molecule has 0 aliphatic heterocycles. The van der Waals surface area contributed by atoms with Crippen LogP contribution < -0.4 is 10.2 Å². The Balaban J connectivity index is 0.000000284. The van der Waals surface area contributed by atoms with Gasteiger partial charge in [-0.05, 0) is 12.1 Å². The van der Waals surface area contributed by atoms with Crippen molar-refractivity contribution in [2.45, 2.75) is 0 Å². The average Bonchev–Trinajstić information content (AvgIpc) is 2.28. The molecule has 0 unspecified atom stereocenters. The minimum atomic E-state index is -0.117. The van der Waals surface area contributed by atoms with Gasteiger partial charge in [0, 0.05) is 10.0 Å². The Morgan fingerprint density at radius 3 is 1.12 bits per heavy atom. The molecule has 2 rings (SSSR count). The van der Waals surface area contributed by atoms with E-state index in [0.717, 1.165) is 0 Å². The molecule has 0 N–H and O–H groups in total. The third-order valence-electron chi connectivity index (χ3n) is 1.67. The molecule has 2 aromatic carbocycles. The molecule has 0 bridgehead atoms. The molecule has 0 aliphatic rings. The number of hydrogen-bond donors (Lipinski definition) is 0. The Morgan fingerprint density at radius 1 is 0.647 bits per heavy atom. The second kappa shape index (κ2) is 8.90. The summed E-state index contributed by atoms with van der Waals surface area (Å²) in [5.74, 6) is -0.233. The molecule has 0 aliphatic carbocycles. The van der Waals surface area contributed by atoms with Crippen molar-refractivity contribution in [2.75, 3.05) is 0 Å². The van der Waals surface area contributed by atoms with E-state index >= 15 is 0 Å². The van der Waals surface area contributed by atoms with Crippen LogP contribution in [-0.4, -0.2) is 37.7 Å². The molecule has 0 atom stereocenters. The topological polar surface area (TPSA) is 46.1 Å². The molecule has 0 aromatic heterocycles. The maximum Gasteiger partial charge on any atom is 2.00 e. The Bertz CT molecular complexity index is 378. The van der Waals surface area contributed by atoms with E-state index in [1.807, 2.05) is 0 Å². The van der Waals surface area contributed by atoms with Crippen molar-refractivity contribution in [3.05, 3.63) is 58.6 Å². The van der Waals surface area contributed by atoms with Crippen molar-refractivity contribution in [2.24, 2.45) is 0 Å². The Kier molecular flexibility index (Phi) is 8.83. The molecule has 0 heterocycles. The Labute approximate surface area is 140 Å². The zero-order valence-corrected chi connectivity index (χ0v) is 12.6.